The Morgan fingerprint density at radius 2 is 2.04 bits per heavy atom. The molecule has 1 aliphatic carbocycles. The van der Waals surface area contributed by atoms with E-state index in [4.69, 9.17) is 9.32 Å². The lowest BCUT2D eigenvalue weighted by Crippen LogP contribution is -2.18. The summed E-state index contributed by atoms with van der Waals surface area (Å²) in [5, 5.41) is 8.62. The summed E-state index contributed by atoms with van der Waals surface area (Å²) in [7, 11) is 0. The van der Waals surface area contributed by atoms with Crippen molar-refractivity contribution >= 4 is 17.1 Å². The minimum Gasteiger partial charge on any atom is -0.367 e. The average Bonchev–Trinajstić information content (AvgIpc) is 3.07. The molecule has 7 heteroatoms. The van der Waals surface area contributed by atoms with Crippen molar-refractivity contribution in [3.8, 4) is 0 Å². The summed E-state index contributed by atoms with van der Waals surface area (Å²) in [6.45, 7) is 0.452. The van der Waals surface area contributed by atoms with Crippen molar-refractivity contribution in [2.45, 2.75) is 38.1 Å². The van der Waals surface area contributed by atoms with Crippen LogP contribution in [-0.4, -0.2) is 26.8 Å². The zero-order chi connectivity index (χ0) is 17.5. The molecule has 3 atom stereocenters. The number of aryl methyl sites for hydroxylation is 2. The second-order valence-corrected chi connectivity index (χ2v) is 7.20. The summed E-state index contributed by atoms with van der Waals surface area (Å²) in [5.74, 6) is 1.26. The van der Waals surface area contributed by atoms with Gasteiger partial charge in [0.05, 0.1) is 6.61 Å². The van der Waals surface area contributed by atoms with Gasteiger partial charge >= 0.3 is 0 Å². The fourth-order valence-corrected chi connectivity index (χ4v) is 3.59. The molecule has 2 aromatic rings. The van der Waals surface area contributed by atoms with Crippen LogP contribution >= 0.6 is 0 Å². The van der Waals surface area contributed by atoms with E-state index in [1.165, 1.54) is 5.56 Å². The number of hydrogen-bond donors (Lipinski definition) is 2. The molecule has 0 amide bonds. The highest BCUT2D eigenvalue weighted by Gasteiger charge is 2.25. The predicted octanol–water partition coefficient (Wildman–Crippen LogP) is 2.40. The van der Waals surface area contributed by atoms with Gasteiger partial charge in [-0.3, -0.25) is 4.18 Å². The highest BCUT2D eigenvalue weighted by Crippen LogP contribution is 2.28. The lowest BCUT2D eigenvalue weighted by Gasteiger charge is -2.14. The lowest BCUT2D eigenvalue weighted by atomic mass is 10.1. The van der Waals surface area contributed by atoms with E-state index < -0.39 is 11.3 Å². The van der Waals surface area contributed by atoms with E-state index in [-0.39, 0.29) is 0 Å². The zero-order valence-corrected chi connectivity index (χ0v) is 15.0. The van der Waals surface area contributed by atoms with Gasteiger partial charge in [-0.15, -0.1) is 0 Å². The van der Waals surface area contributed by atoms with E-state index in [0.717, 1.165) is 43.6 Å². The number of benzene rings is 1. The van der Waals surface area contributed by atoms with Crippen molar-refractivity contribution in [3.05, 3.63) is 54.0 Å². The van der Waals surface area contributed by atoms with Gasteiger partial charge in [0.1, 0.15) is 12.1 Å². The van der Waals surface area contributed by atoms with Crippen molar-refractivity contribution in [2.75, 3.05) is 11.9 Å². The molecule has 1 aromatic carbocycles. The highest BCUT2D eigenvalue weighted by atomic mass is 32.2. The van der Waals surface area contributed by atoms with Gasteiger partial charge < -0.3 is 5.32 Å². The van der Waals surface area contributed by atoms with Gasteiger partial charge in [0.15, 0.2) is 0 Å². The second kappa shape index (κ2) is 9.03. The van der Waals surface area contributed by atoms with Gasteiger partial charge in [0.25, 0.3) is 0 Å². The lowest BCUT2D eigenvalue weighted by molar-refractivity contribution is 0.274. The predicted molar refractivity (Wildman–Crippen MR) is 98.9 cm³/mol. The van der Waals surface area contributed by atoms with E-state index in [1.807, 2.05) is 12.1 Å². The first-order valence-corrected chi connectivity index (χ1v) is 9.73. The van der Waals surface area contributed by atoms with E-state index in [2.05, 4.69) is 39.6 Å². The SMILES string of the molecule is NS(=O)OC[C@H]1CCC(Nc2cc(CCc3ccccc3)ncn2)C1. The van der Waals surface area contributed by atoms with Gasteiger partial charge in [0, 0.05) is 17.8 Å². The van der Waals surface area contributed by atoms with Crippen LogP contribution in [0, 0.1) is 5.92 Å². The van der Waals surface area contributed by atoms with Crippen molar-refractivity contribution in [2.24, 2.45) is 11.1 Å². The van der Waals surface area contributed by atoms with Crippen molar-refractivity contribution < 1.29 is 8.39 Å². The summed E-state index contributed by atoms with van der Waals surface area (Å²) < 4.78 is 15.8. The number of nitrogens with zero attached hydrogens (tertiary/aromatic N) is 2. The minimum atomic E-state index is -1.67. The summed E-state index contributed by atoms with van der Waals surface area (Å²) in [6, 6.07) is 12.8. The fourth-order valence-electron chi connectivity index (χ4n) is 3.26. The molecule has 2 unspecified atom stereocenters. The molecule has 3 N–H and O–H groups in total. The van der Waals surface area contributed by atoms with Crippen LogP contribution in [0.3, 0.4) is 0 Å². The first-order valence-electron chi connectivity index (χ1n) is 8.60. The van der Waals surface area contributed by atoms with Crippen LogP contribution in [0.25, 0.3) is 0 Å². The first kappa shape index (κ1) is 18.0. The fraction of sp³-hybridized carbons (Fsp3) is 0.444. The Balaban J connectivity index is 1.49. The molecule has 0 bridgehead atoms. The molecule has 1 fully saturated rings. The third kappa shape index (κ3) is 5.88. The Hall–Kier alpha value is -1.83. The molecule has 1 aliphatic rings. The molecule has 134 valence electrons. The van der Waals surface area contributed by atoms with E-state index in [9.17, 15) is 4.21 Å². The van der Waals surface area contributed by atoms with Crippen molar-refractivity contribution in [1.82, 2.24) is 9.97 Å². The molecule has 0 spiro atoms. The van der Waals surface area contributed by atoms with Crippen LogP contribution in [0.5, 0.6) is 0 Å². The molecule has 0 aliphatic heterocycles. The van der Waals surface area contributed by atoms with Gasteiger partial charge in [0.2, 0.25) is 11.3 Å². The Morgan fingerprint density at radius 1 is 1.20 bits per heavy atom. The number of hydrogen-bond acceptors (Lipinski definition) is 5. The zero-order valence-electron chi connectivity index (χ0n) is 14.1. The summed E-state index contributed by atoms with van der Waals surface area (Å²) in [6.07, 6.45) is 6.55. The van der Waals surface area contributed by atoms with Crippen LogP contribution in [-0.2, 0) is 28.3 Å². The maximum absolute atomic E-state index is 10.8. The summed E-state index contributed by atoms with van der Waals surface area (Å²) in [5.41, 5.74) is 2.35. The Morgan fingerprint density at radius 3 is 2.84 bits per heavy atom. The molecular formula is C18H24N4O2S. The number of aromatic nitrogens is 2. The quantitative estimate of drug-likeness (QED) is 0.754. The van der Waals surface area contributed by atoms with Crippen LogP contribution in [0.1, 0.15) is 30.5 Å². The van der Waals surface area contributed by atoms with Crippen LogP contribution < -0.4 is 10.5 Å². The molecule has 1 saturated carbocycles. The standard InChI is InChI=1S/C18H24N4O2S/c19-25(23)24-12-15-7-9-17(10-15)22-18-11-16(20-13-21-18)8-6-14-4-2-1-3-5-14/h1-5,11,13,15,17H,6-10,12,19H2,(H,20,21,22)/t15-,17?,25?/m0/s1. The molecule has 3 rings (SSSR count). The van der Waals surface area contributed by atoms with E-state index >= 15 is 0 Å². The third-order valence-corrected chi connectivity index (χ3v) is 4.92. The molecular weight excluding hydrogens is 336 g/mol. The maximum Gasteiger partial charge on any atom is 0.231 e. The number of rotatable bonds is 8. The van der Waals surface area contributed by atoms with Gasteiger partial charge in [-0.2, -0.15) is 0 Å². The molecule has 1 aromatic heterocycles. The number of nitrogens with one attached hydrogen (secondary N) is 1. The largest absolute Gasteiger partial charge is 0.367 e. The second-order valence-electron chi connectivity index (χ2n) is 6.45. The van der Waals surface area contributed by atoms with Crippen molar-refractivity contribution in [3.63, 3.8) is 0 Å². The van der Waals surface area contributed by atoms with Crippen LogP contribution in [0.4, 0.5) is 5.82 Å². The number of anilines is 1. The topological polar surface area (TPSA) is 90.1 Å². The monoisotopic (exact) mass is 360 g/mol. The normalized spacial score (nSPS) is 21.2. The summed E-state index contributed by atoms with van der Waals surface area (Å²) >= 11 is -1.67. The van der Waals surface area contributed by atoms with Crippen LogP contribution in [0.2, 0.25) is 0 Å². The van der Waals surface area contributed by atoms with Gasteiger partial charge in [-0.05, 0) is 43.6 Å². The molecule has 0 radical (unpaired) electrons. The molecule has 25 heavy (non-hydrogen) atoms. The third-order valence-electron chi connectivity index (χ3n) is 4.55. The van der Waals surface area contributed by atoms with Crippen LogP contribution in [0.15, 0.2) is 42.7 Å². The summed E-state index contributed by atoms with van der Waals surface area (Å²) in [4.78, 5) is 8.71. The van der Waals surface area contributed by atoms with Gasteiger partial charge in [-0.1, -0.05) is 30.3 Å². The Bertz CT molecular complexity index is 698. The van der Waals surface area contributed by atoms with E-state index in [1.54, 1.807) is 6.33 Å². The van der Waals surface area contributed by atoms with E-state index in [0.29, 0.717) is 18.6 Å². The Labute approximate surface area is 151 Å². The minimum absolute atomic E-state index is 0.358. The highest BCUT2D eigenvalue weighted by molar-refractivity contribution is 7.77. The molecule has 0 saturated heterocycles. The van der Waals surface area contributed by atoms with Gasteiger partial charge in [-0.25, -0.2) is 19.3 Å². The number of nitrogens with two attached hydrogens (primary N) is 1. The Kier molecular flexibility index (Phi) is 6.49. The van der Waals surface area contributed by atoms with Crippen molar-refractivity contribution in [1.29, 1.82) is 0 Å². The maximum atomic E-state index is 10.8. The smallest absolute Gasteiger partial charge is 0.231 e. The first-order chi connectivity index (χ1) is 12.2. The molecule has 6 nitrogen and oxygen atoms in total. The molecule has 1 heterocycles. The average molecular weight is 360 g/mol.